The molecule has 0 aromatic heterocycles. The molecule has 1 fully saturated rings. The van der Waals surface area contributed by atoms with Crippen LogP contribution in [0.3, 0.4) is 0 Å². The van der Waals surface area contributed by atoms with Gasteiger partial charge in [-0.3, -0.25) is 4.79 Å². The summed E-state index contributed by atoms with van der Waals surface area (Å²) in [5.74, 6) is 0.192. The van der Waals surface area contributed by atoms with E-state index in [-0.39, 0.29) is 5.91 Å². The molecule has 1 aromatic rings. The van der Waals surface area contributed by atoms with Gasteiger partial charge in [0.05, 0.1) is 5.56 Å². The monoisotopic (exact) mass is 329 g/mol. The molecule has 0 unspecified atom stereocenters. The van der Waals surface area contributed by atoms with Crippen LogP contribution in [0, 0.1) is 3.57 Å². The molecule has 1 aliphatic heterocycles. The first-order valence-electron chi connectivity index (χ1n) is 5.75. The third-order valence-electron chi connectivity index (χ3n) is 3.17. The molecule has 1 aliphatic rings. The lowest BCUT2D eigenvalue weighted by atomic mass is 10.0. The van der Waals surface area contributed by atoms with E-state index in [1.54, 1.807) is 0 Å². The van der Waals surface area contributed by atoms with Gasteiger partial charge in [0.25, 0.3) is 5.91 Å². The Morgan fingerprint density at radius 2 is 2.12 bits per heavy atom. The van der Waals surface area contributed by atoms with Crippen molar-refractivity contribution in [3.8, 4) is 0 Å². The van der Waals surface area contributed by atoms with Crippen LogP contribution < -0.4 is 0 Å². The molecule has 0 spiro atoms. The Morgan fingerprint density at radius 1 is 1.38 bits per heavy atom. The Bertz CT molecular complexity index is 391. The van der Waals surface area contributed by atoms with Crippen LogP contribution in [0.1, 0.15) is 36.5 Å². The Morgan fingerprint density at radius 3 is 2.81 bits per heavy atom. The predicted octanol–water partition coefficient (Wildman–Crippen LogP) is 3.31. The SMILES string of the molecule is C[C@H]1CCCCN1C(=O)c1ccccc1I. The second kappa shape index (κ2) is 5.17. The maximum atomic E-state index is 12.4. The van der Waals surface area contributed by atoms with Crippen molar-refractivity contribution in [2.45, 2.75) is 32.2 Å². The summed E-state index contributed by atoms with van der Waals surface area (Å²) in [6.07, 6.45) is 3.52. The molecule has 0 N–H and O–H groups in total. The van der Waals surface area contributed by atoms with Crippen LogP contribution in [0.2, 0.25) is 0 Å². The van der Waals surface area contributed by atoms with Crippen LogP contribution in [-0.4, -0.2) is 23.4 Å². The van der Waals surface area contributed by atoms with Crippen LogP contribution in [0.15, 0.2) is 24.3 Å². The summed E-state index contributed by atoms with van der Waals surface area (Å²) in [7, 11) is 0. The van der Waals surface area contributed by atoms with E-state index in [0.717, 1.165) is 28.5 Å². The molecule has 1 atom stereocenters. The van der Waals surface area contributed by atoms with E-state index in [1.807, 2.05) is 29.2 Å². The topological polar surface area (TPSA) is 20.3 Å². The number of amides is 1. The smallest absolute Gasteiger partial charge is 0.255 e. The quantitative estimate of drug-likeness (QED) is 0.724. The maximum absolute atomic E-state index is 12.4. The van der Waals surface area contributed by atoms with Crippen molar-refractivity contribution in [1.29, 1.82) is 0 Å². The molecule has 0 saturated carbocycles. The van der Waals surface area contributed by atoms with Gasteiger partial charge in [0.15, 0.2) is 0 Å². The van der Waals surface area contributed by atoms with E-state index in [9.17, 15) is 4.79 Å². The van der Waals surface area contributed by atoms with E-state index < -0.39 is 0 Å². The van der Waals surface area contributed by atoms with Gasteiger partial charge in [0, 0.05) is 16.2 Å². The molecular formula is C13H16INO. The molecule has 86 valence electrons. The zero-order valence-corrected chi connectivity index (χ0v) is 11.6. The van der Waals surface area contributed by atoms with Crippen LogP contribution in [0.4, 0.5) is 0 Å². The van der Waals surface area contributed by atoms with E-state index in [0.29, 0.717) is 6.04 Å². The fraction of sp³-hybridized carbons (Fsp3) is 0.462. The second-order valence-corrected chi connectivity index (χ2v) is 5.49. The number of piperidine rings is 1. The summed E-state index contributed by atoms with van der Waals surface area (Å²) in [6.45, 7) is 3.05. The number of hydrogen-bond acceptors (Lipinski definition) is 1. The lowest BCUT2D eigenvalue weighted by molar-refractivity contribution is 0.0634. The first-order chi connectivity index (χ1) is 7.70. The van der Waals surface area contributed by atoms with Crippen molar-refractivity contribution >= 4 is 28.5 Å². The lowest BCUT2D eigenvalue weighted by Gasteiger charge is -2.33. The zero-order valence-electron chi connectivity index (χ0n) is 9.45. The van der Waals surface area contributed by atoms with Crippen molar-refractivity contribution < 1.29 is 4.79 Å². The summed E-state index contributed by atoms with van der Waals surface area (Å²) in [5, 5.41) is 0. The first kappa shape index (κ1) is 11.9. The van der Waals surface area contributed by atoms with Crippen molar-refractivity contribution in [2.75, 3.05) is 6.54 Å². The highest BCUT2D eigenvalue weighted by Crippen LogP contribution is 2.21. The molecule has 1 heterocycles. The van der Waals surface area contributed by atoms with Gasteiger partial charge in [-0.05, 0) is 60.9 Å². The van der Waals surface area contributed by atoms with Gasteiger partial charge in [-0.1, -0.05) is 12.1 Å². The van der Waals surface area contributed by atoms with Crippen molar-refractivity contribution in [1.82, 2.24) is 4.90 Å². The molecular weight excluding hydrogens is 313 g/mol. The number of halogens is 1. The summed E-state index contributed by atoms with van der Waals surface area (Å²) in [6, 6.07) is 8.20. The second-order valence-electron chi connectivity index (χ2n) is 4.32. The largest absolute Gasteiger partial charge is 0.336 e. The van der Waals surface area contributed by atoms with Gasteiger partial charge >= 0.3 is 0 Å². The number of nitrogens with zero attached hydrogens (tertiary/aromatic N) is 1. The number of benzene rings is 1. The molecule has 2 rings (SSSR count). The van der Waals surface area contributed by atoms with E-state index in [2.05, 4.69) is 29.5 Å². The number of likely N-dealkylation sites (tertiary alicyclic amines) is 1. The molecule has 0 aliphatic carbocycles. The third-order valence-corrected chi connectivity index (χ3v) is 4.11. The van der Waals surface area contributed by atoms with Crippen molar-refractivity contribution in [3.63, 3.8) is 0 Å². The van der Waals surface area contributed by atoms with E-state index >= 15 is 0 Å². The normalized spacial score (nSPS) is 20.9. The fourth-order valence-corrected chi connectivity index (χ4v) is 2.81. The lowest BCUT2D eigenvalue weighted by Crippen LogP contribution is -2.42. The van der Waals surface area contributed by atoms with Gasteiger partial charge in [0.2, 0.25) is 0 Å². The fourth-order valence-electron chi connectivity index (χ4n) is 2.19. The van der Waals surface area contributed by atoms with Crippen LogP contribution >= 0.6 is 22.6 Å². The summed E-state index contributed by atoms with van der Waals surface area (Å²) in [5.41, 5.74) is 0.844. The van der Waals surface area contributed by atoms with Crippen LogP contribution in [0.25, 0.3) is 0 Å². The third kappa shape index (κ3) is 2.39. The van der Waals surface area contributed by atoms with Gasteiger partial charge in [-0.15, -0.1) is 0 Å². The zero-order chi connectivity index (χ0) is 11.5. The average molecular weight is 329 g/mol. The predicted molar refractivity (Wildman–Crippen MR) is 73.5 cm³/mol. The van der Waals surface area contributed by atoms with Gasteiger partial charge in [-0.2, -0.15) is 0 Å². The highest BCUT2D eigenvalue weighted by molar-refractivity contribution is 14.1. The highest BCUT2D eigenvalue weighted by atomic mass is 127. The number of carbonyl (C=O) groups excluding carboxylic acids is 1. The van der Waals surface area contributed by atoms with E-state index in [4.69, 9.17) is 0 Å². The first-order valence-corrected chi connectivity index (χ1v) is 6.83. The number of rotatable bonds is 1. The Hall–Kier alpha value is -0.580. The number of carbonyl (C=O) groups is 1. The molecule has 3 heteroatoms. The highest BCUT2D eigenvalue weighted by Gasteiger charge is 2.24. The molecule has 2 nitrogen and oxygen atoms in total. The standard InChI is InChI=1S/C13H16INO/c1-10-6-4-5-9-15(10)13(16)11-7-2-3-8-12(11)14/h2-3,7-8,10H,4-6,9H2,1H3/t10-/m0/s1. The Labute approximate surface area is 110 Å². The minimum Gasteiger partial charge on any atom is -0.336 e. The molecule has 16 heavy (non-hydrogen) atoms. The summed E-state index contributed by atoms with van der Waals surface area (Å²) in [4.78, 5) is 14.4. The van der Waals surface area contributed by atoms with E-state index in [1.165, 1.54) is 6.42 Å². The van der Waals surface area contributed by atoms with Crippen LogP contribution in [-0.2, 0) is 0 Å². The minimum atomic E-state index is 0.192. The van der Waals surface area contributed by atoms with Gasteiger partial charge in [-0.25, -0.2) is 0 Å². The maximum Gasteiger partial charge on any atom is 0.255 e. The summed E-state index contributed by atoms with van der Waals surface area (Å²) < 4.78 is 1.04. The number of hydrogen-bond donors (Lipinski definition) is 0. The Kier molecular flexibility index (Phi) is 3.84. The summed E-state index contributed by atoms with van der Waals surface area (Å²) >= 11 is 2.23. The molecule has 1 saturated heterocycles. The molecule has 1 aromatic carbocycles. The van der Waals surface area contributed by atoms with Crippen molar-refractivity contribution in [2.24, 2.45) is 0 Å². The van der Waals surface area contributed by atoms with Gasteiger partial charge < -0.3 is 4.90 Å². The average Bonchev–Trinajstić information content (AvgIpc) is 2.29. The minimum absolute atomic E-state index is 0.192. The molecule has 0 radical (unpaired) electrons. The molecule has 0 bridgehead atoms. The Balaban J connectivity index is 2.21. The van der Waals surface area contributed by atoms with Crippen molar-refractivity contribution in [3.05, 3.63) is 33.4 Å². The molecule has 1 amide bonds. The van der Waals surface area contributed by atoms with Gasteiger partial charge in [0.1, 0.15) is 0 Å². The van der Waals surface area contributed by atoms with Crippen LogP contribution in [0.5, 0.6) is 0 Å².